The number of rotatable bonds is 6. The number of benzene rings is 2. The summed E-state index contributed by atoms with van der Waals surface area (Å²) in [6.07, 6.45) is 4.07. The van der Waals surface area contributed by atoms with Crippen LogP contribution in [-0.2, 0) is 21.9 Å². The van der Waals surface area contributed by atoms with Gasteiger partial charge < -0.3 is 5.32 Å². The molecule has 4 rings (SSSR count). The summed E-state index contributed by atoms with van der Waals surface area (Å²) in [5.74, 6) is -0.607. The summed E-state index contributed by atoms with van der Waals surface area (Å²) >= 11 is 7.49. The zero-order valence-electron chi connectivity index (χ0n) is 17.4. The predicted octanol–water partition coefficient (Wildman–Crippen LogP) is 4.26. The minimum Gasteiger partial charge on any atom is -0.325 e. The second-order valence-electron chi connectivity index (χ2n) is 7.59. The number of anilines is 1. The summed E-state index contributed by atoms with van der Waals surface area (Å²) in [4.78, 5) is 15.1. The molecule has 1 aromatic heterocycles. The molecule has 0 radical (unpaired) electrons. The van der Waals surface area contributed by atoms with Gasteiger partial charge >= 0.3 is 0 Å². The molecule has 1 fully saturated rings. The number of nitrogens with zero attached hydrogens (tertiary/aromatic N) is 3. The Morgan fingerprint density at radius 2 is 1.94 bits per heavy atom. The Labute approximate surface area is 196 Å². The van der Waals surface area contributed by atoms with Gasteiger partial charge in [0, 0.05) is 41.1 Å². The van der Waals surface area contributed by atoms with Crippen molar-refractivity contribution in [2.75, 3.05) is 18.4 Å². The lowest BCUT2D eigenvalue weighted by molar-refractivity contribution is -0.120. The van der Waals surface area contributed by atoms with Crippen LogP contribution >= 0.6 is 23.4 Å². The molecule has 0 aliphatic carbocycles. The van der Waals surface area contributed by atoms with Crippen LogP contribution in [0.2, 0.25) is 5.02 Å². The number of amides is 1. The molecule has 1 atom stereocenters. The van der Waals surface area contributed by atoms with E-state index in [-0.39, 0.29) is 17.3 Å². The minimum atomic E-state index is -3.68. The van der Waals surface area contributed by atoms with Crippen molar-refractivity contribution in [3.63, 3.8) is 0 Å². The van der Waals surface area contributed by atoms with Crippen LogP contribution in [0.25, 0.3) is 0 Å². The number of halogens is 1. The van der Waals surface area contributed by atoms with Crippen LogP contribution < -0.4 is 5.32 Å². The molecule has 1 amide bonds. The molecule has 168 valence electrons. The Morgan fingerprint density at radius 1 is 1.19 bits per heavy atom. The van der Waals surface area contributed by atoms with Gasteiger partial charge in [-0.1, -0.05) is 35.5 Å². The van der Waals surface area contributed by atoms with Crippen molar-refractivity contribution >= 4 is 45.0 Å². The Kier molecular flexibility index (Phi) is 6.90. The third-order valence-corrected chi connectivity index (χ3v) is 8.41. The van der Waals surface area contributed by atoms with Crippen molar-refractivity contribution in [3.8, 4) is 0 Å². The SMILES string of the molecule is Cn1cc(S(=O)(=O)N2CCC[C@H](C(=O)Nc3ccccc3Sc3ccc(Cl)cc3)C2)cn1. The van der Waals surface area contributed by atoms with Crippen molar-refractivity contribution < 1.29 is 13.2 Å². The summed E-state index contributed by atoms with van der Waals surface area (Å²) in [6, 6.07) is 15.1. The average Bonchev–Trinajstić information content (AvgIpc) is 3.24. The number of sulfonamides is 1. The third-order valence-electron chi connectivity index (χ3n) is 5.26. The Morgan fingerprint density at radius 3 is 2.66 bits per heavy atom. The van der Waals surface area contributed by atoms with Gasteiger partial charge in [-0.15, -0.1) is 0 Å². The number of hydrogen-bond donors (Lipinski definition) is 1. The molecule has 2 aromatic carbocycles. The fourth-order valence-corrected chi connectivity index (χ4v) is 6.12. The van der Waals surface area contributed by atoms with Crippen LogP contribution in [0.3, 0.4) is 0 Å². The van der Waals surface area contributed by atoms with Crippen molar-refractivity contribution in [1.82, 2.24) is 14.1 Å². The van der Waals surface area contributed by atoms with Crippen LogP contribution in [0.15, 0.2) is 75.6 Å². The van der Waals surface area contributed by atoms with E-state index in [1.165, 1.54) is 33.1 Å². The summed E-state index contributed by atoms with van der Waals surface area (Å²) in [7, 11) is -2.01. The molecule has 7 nitrogen and oxygen atoms in total. The number of aryl methyl sites for hydroxylation is 1. The van der Waals surface area contributed by atoms with Crippen LogP contribution in [0.5, 0.6) is 0 Å². The number of para-hydroxylation sites is 1. The molecule has 1 saturated heterocycles. The van der Waals surface area contributed by atoms with Crippen molar-refractivity contribution in [3.05, 3.63) is 65.9 Å². The Hall–Kier alpha value is -2.33. The molecule has 0 saturated carbocycles. The maximum Gasteiger partial charge on any atom is 0.246 e. The topological polar surface area (TPSA) is 84.3 Å². The van der Waals surface area contributed by atoms with Crippen LogP contribution in [0.4, 0.5) is 5.69 Å². The molecular formula is C22H23ClN4O3S2. The highest BCUT2D eigenvalue weighted by molar-refractivity contribution is 7.99. The monoisotopic (exact) mass is 490 g/mol. The molecule has 32 heavy (non-hydrogen) atoms. The highest BCUT2D eigenvalue weighted by Gasteiger charge is 2.34. The fourth-order valence-electron chi connectivity index (χ4n) is 3.58. The van der Waals surface area contributed by atoms with E-state index in [4.69, 9.17) is 11.6 Å². The van der Waals surface area contributed by atoms with E-state index in [2.05, 4.69) is 10.4 Å². The molecule has 2 heterocycles. The van der Waals surface area contributed by atoms with Gasteiger partial charge in [0.1, 0.15) is 4.90 Å². The molecule has 3 aromatic rings. The van der Waals surface area contributed by atoms with E-state index < -0.39 is 15.9 Å². The Bertz CT molecular complexity index is 1210. The van der Waals surface area contributed by atoms with Gasteiger partial charge in [-0.2, -0.15) is 9.40 Å². The molecule has 0 unspecified atom stereocenters. The number of hydrogen-bond acceptors (Lipinski definition) is 5. The van der Waals surface area contributed by atoms with Crippen molar-refractivity contribution in [2.45, 2.75) is 27.5 Å². The van der Waals surface area contributed by atoms with Crippen LogP contribution in [0, 0.1) is 5.92 Å². The lowest BCUT2D eigenvalue weighted by Crippen LogP contribution is -2.43. The number of aromatic nitrogens is 2. The summed E-state index contributed by atoms with van der Waals surface area (Å²) in [5, 5.41) is 7.63. The standard InChI is InChI=1S/C22H23ClN4O3S2/c1-26-15-19(13-24-26)32(29,30)27-12-4-5-16(14-27)22(28)25-20-6-2-3-7-21(20)31-18-10-8-17(23)9-11-18/h2-3,6-11,13,15-16H,4-5,12,14H2,1H3,(H,25,28)/t16-/m0/s1. The van der Waals surface area contributed by atoms with Crippen molar-refractivity contribution in [2.24, 2.45) is 13.0 Å². The molecular weight excluding hydrogens is 468 g/mol. The first-order valence-corrected chi connectivity index (χ1v) is 12.8. The van der Waals surface area contributed by atoms with E-state index in [1.54, 1.807) is 7.05 Å². The second-order valence-corrected chi connectivity index (χ2v) is 11.1. The van der Waals surface area contributed by atoms with E-state index >= 15 is 0 Å². The fraction of sp³-hybridized carbons (Fsp3) is 0.273. The number of carbonyl (C=O) groups is 1. The highest BCUT2D eigenvalue weighted by atomic mass is 35.5. The second kappa shape index (κ2) is 9.66. The third kappa shape index (κ3) is 5.17. The van der Waals surface area contributed by atoms with Gasteiger partial charge in [-0.25, -0.2) is 8.42 Å². The van der Waals surface area contributed by atoms with E-state index in [0.717, 1.165) is 9.79 Å². The van der Waals surface area contributed by atoms with E-state index in [0.29, 0.717) is 30.1 Å². The largest absolute Gasteiger partial charge is 0.325 e. The minimum absolute atomic E-state index is 0.144. The molecule has 0 spiro atoms. The van der Waals surface area contributed by atoms with Crippen molar-refractivity contribution in [1.29, 1.82) is 0 Å². The zero-order chi connectivity index (χ0) is 22.7. The first-order valence-electron chi connectivity index (χ1n) is 10.1. The first kappa shape index (κ1) is 22.8. The molecule has 10 heteroatoms. The van der Waals surface area contributed by atoms with Crippen LogP contribution in [0.1, 0.15) is 12.8 Å². The van der Waals surface area contributed by atoms with E-state index in [9.17, 15) is 13.2 Å². The van der Waals surface area contributed by atoms with Gasteiger partial charge in [0.25, 0.3) is 0 Å². The summed E-state index contributed by atoms with van der Waals surface area (Å²) in [5.41, 5.74) is 0.699. The average molecular weight is 491 g/mol. The maximum atomic E-state index is 13.1. The van der Waals surface area contributed by atoms with Gasteiger partial charge in [0.15, 0.2) is 0 Å². The summed E-state index contributed by atoms with van der Waals surface area (Å²) in [6.45, 7) is 0.541. The lowest BCUT2D eigenvalue weighted by Gasteiger charge is -2.31. The summed E-state index contributed by atoms with van der Waals surface area (Å²) < 4.78 is 28.7. The van der Waals surface area contributed by atoms with Gasteiger partial charge in [0.2, 0.25) is 15.9 Å². The number of carbonyl (C=O) groups excluding carboxylic acids is 1. The molecule has 1 N–H and O–H groups in total. The highest BCUT2D eigenvalue weighted by Crippen LogP contribution is 2.34. The predicted molar refractivity (Wildman–Crippen MR) is 125 cm³/mol. The lowest BCUT2D eigenvalue weighted by atomic mass is 9.99. The van der Waals surface area contributed by atoms with Gasteiger partial charge in [-0.3, -0.25) is 9.48 Å². The van der Waals surface area contributed by atoms with Crippen LogP contribution in [-0.4, -0.2) is 41.5 Å². The number of nitrogens with one attached hydrogen (secondary N) is 1. The Balaban J connectivity index is 1.47. The molecule has 0 bridgehead atoms. The zero-order valence-corrected chi connectivity index (χ0v) is 19.8. The van der Waals surface area contributed by atoms with E-state index in [1.807, 2.05) is 48.5 Å². The first-order chi connectivity index (χ1) is 15.3. The molecule has 1 aliphatic rings. The molecule has 1 aliphatic heterocycles. The van der Waals surface area contributed by atoms with Gasteiger partial charge in [-0.05, 0) is 49.2 Å². The quantitative estimate of drug-likeness (QED) is 0.558. The van der Waals surface area contributed by atoms with Gasteiger partial charge in [0.05, 0.1) is 17.8 Å². The smallest absolute Gasteiger partial charge is 0.246 e. The normalized spacial score (nSPS) is 17.2. The number of piperidine rings is 1. The maximum absolute atomic E-state index is 13.1.